The molecular weight excluding hydrogens is 458 g/mol. The first-order chi connectivity index (χ1) is 17.3. The third kappa shape index (κ3) is 7.20. The van der Waals surface area contributed by atoms with Crippen LogP contribution in [0.4, 0.5) is 4.79 Å². The zero-order valence-electron chi connectivity index (χ0n) is 21.2. The monoisotopic (exact) mass is 493 g/mol. The lowest BCUT2D eigenvalue weighted by Crippen LogP contribution is -2.45. The number of carbonyl (C=O) groups is 1. The Labute approximate surface area is 212 Å². The molecule has 0 bridgehead atoms. The Kier molecular flexibility index (Phi) is 8.46. The van der Waals surface area contributed by atoms with Crippen molar-refractivity contribution in [3.8, 4) is 5.75 Å². The predicted octanol–water partition coefficient (Wildman–Crippen LogP) is 5.45. The van der Waals surface area contributed by atoms with Crippen LogP contribution in [0, 0.1) is 0 Å². The standard InChI is InChI=1S/C29H35NO6/c1-29(2,3)35-28(32)36-30-15-14-26(23-10-12-25(13-11-23)33-17-16-31)27(19-30)34-20-21-8-9-22-6-4-5-7-24(22)18-21/h4-13,18,26-27,31H,14-17,19-20H2,1-3H3. The van der Waals surface area contributed by atoms with Crippen molar-refractivity contribution in [2.24, 2.45) is 0 Å². The molecule has 1 heterocycles. The minimum Gasteiger partial charge on any atom is -0.491 e. The molecule has 3 aromatic carbocycles. The van der Waals surface area contributed by atoms with Crippen LogP contribution in [0.15, 0.2) is 66.7 Å². The van der Waals surface area contributed by atoms with Crippen LogP contribution in [0.2, 0.25) is 0 Å². The first-order valence-electron chi connectivity index (χ1n) is 12.4. The highest BCUT2D eigenvalue weighted by molar-refractivity contribution is 5.82. The van der Waals surface area contributed by atoms with Crippen LogP contribution in [0.1, 0.15) is 44.2 Å². The van der Waals surface area contributed by atoms with Crippen LogP contribution < -0.4 is 4.74 Å². The van der Waals surface area contributed by atoms with Crippen molar-refractivity contribution >= 4 is 16.9 Å². The average molecular weight is 494 g/mol. The predicted molar refractivity (Wildman–Crippen MR) is 138 cm³/mol. The molecule has 1 aliphatic rings. The molecule has 0 aliphatic carbocycles. The van der Waals surface area contributed by atoms with E-state index in [1.54, 1.807) is 5.06 Å². The zero-order valence-corrected chi connectivity index (χ0v) is 21.2. The SMILES string of the molecule is CC(C)(C)OC(=O)ON1CCC(c2ccc(OCCO)cc2)C(OCc2ccc3ccccc3c2)C1. The van der Waals surface area contributed by atoms with Crippen molar-refractivity contribution in [1.82, 2.24) is 5.06 Å². The van der Waals surface area contributed by atoms with Gasteiger partial charge in [0.1, 0.15) is 18.0 Å². The van der Waals surface area contributed by atoms with Crippen LogP contribution in [0.5, 0.6) is 5.75 Å². The van der Waals surface area contributed by atoms with Gasteiger partial charge < -0.3 is 24.2 Å². The summed E-state index contributed by atoms with van der Waals surface area (Å²) >= 11 is 0. The van der Waals surface area contributed by atoms with Gasteiger partial charge in [-0.3, -0.25) is 0 Å². The average Bonchev–Trinajstić information content (AvgIpc) is 2.85. The number of fused-ring (bicyclic) bond motifs is 1. The van der Waals surface area contributed by atoms with E-state index in [9.17, 15) is 4.79 Å². The van der Waals surface area contributed by atoms with Gasteiger partial charge in [0.05, 0.1) is 25.9 Å². The number of benzene rings is 3. The van der Waals surface area contributed by atoms with E-state index in [0.29, 0.717) is 25.4 Å². The summed E-state index contributed by atoms with van der Waals surface area (Å²) in [5.74, 6) is 0.836. The van der Waals surface area contributed by atoms with Crippen molar-refractivity contribution < 1.29 is 28.9 Å². The van der Waals surface area contributed by atoms with Gasteiger partial charge >= 0.3 is 6.16 Å². The minimum absolute atomic E-state index is 0.0253. The maximum Gasteiger partial charge on any atom is 0.528 e. The number of hydroxylamine groups is 2. The normalized spacial score (nSPS) is 18.7. The van der Waals surface area contributed by atoms with Crippen molar-refractivity contribution in [2.75, 3.05) is 26.3 Å². The Hall–Kier alpha value is -3.13. The molecule has 1 N–H and O–H groups in total. The van der Waals surface area contributed by atoms with Gasteiger partial charge in [0.15, 0.2) is 0 Å². The fourth-order valence-corrected chi connectivity index (χ4v) is 4.40. The van der Waals surface area contributed by atoms with Gasteiger partial charge in [0.2, 0.25) is 0 Å². The van der Waals surface area contributed by atoms with E-state index in [0.717, 1.165) is 17.5 Å². The molecule has 0 amide bonds. The topological polar surface area (TPSA) is 77.5 Å². The maximum atomic E-state index is 12.3. The third-order valence-electron chi connectivity index (χ3n) is 6.06. The van der Waals surface area contributed by atoms with Crippen LogP contribution in [-0.4, -0.2) is 54.3 Å². The molecule has 0 saturated carbocycles. The molecule has 192 valence electrons. The van der Waals surface area contributed by atoms with Gasteiger partial charge in [-0.25, -0.2) is 4.79 Å². The summed E-state index contributed by atoms with van der Waals surface area (Å²) < 4.78 is 17.3. The Morgan fingerprint density at radius 2 is 1.78 bits per heavy atom. The highest BCUT2D eigenvalue weighted by Gasteiger charge is 2.34. The van der Waals surface area contributed by atoms with Crippen molar-refractivity contribution in [1.29, 1.82) is 0 Å². The number of piperidine rings is 1. The van der Waals surface area contributed by atoms with Crippen LogP contribution in [-0.2, 0) is 20.9 Å². The number of nitrogens with zero attached hydrogens (tertiary/aromatic N) is 1. The first-order valence-corrected chi connectivity index (χ1v) is 12.4. The number of rotatable bonds is 8. The van der Waals surface area contributed by atoms with Crippen LogP contribution in [0.3, 0.4) is 0 Å². The van der Waals surface area contributed by atoms with Crippen molar-refractivity contribution in [2.45, 2.75) is 51.4 Å². The summed E-state index contributed by atoms with van der Waals surface area (Å²) in [5, 5.41) is 13.0. The fraction of sp³-hybridized carbons (Fsp3) is 0.414. The first kappa shape index (κ1) is 25.9. The highest BCUT2D eigenvalue weighted by Crippen LogP contribution is 2.32. The fourth-order valence-electron chi connectivity index (χ4n) is 4.40. The lowest BCUT2D eigenvalue weighted by molar-refractivity contribution is -0.179. The molecule has 1 fully saturated rings. The van der Waals surface area contributed by atoms with Gasteiger partial charge in [-0.1, -0.05) is 48.5 Å². The molecule has 2 atom stereocenters. The second-order valence-corrected chi connectivity index (χ2v) is 10.0. The number of aliphatic hydroxyl groups is 1. The molecule has 0 aromatic heterocycles. The van der Waals surface area contributed by atoms with Crippen LogP contribution in [0.25, 0.3) is 10.8 Å². The highest BCUT2D eigenvalue weighted by atomic mass is 16.8. The lowest BCUT2D eigenvalue weighted by Gasteiger charge is -2.37. The lowest BCUT2D eigenvalue weighted by atomic mass is 9.87. The Morgan fingerprint density at radius 3 is 2.50 bits per heavy atom. The number of hydrogen-bond donors (Lipinski definition) is 1. The summed E-state index contributed by atoms with van der Waals surface area (Å²) in [7, 11) is 0. The number of ether oxygens (including phenoxy) is 3. The van der Waals surface area contributed by atoms with Gasteiger partial charge in [0.25, 0.3) is 0 Å². The molecule has 1 saturated heterocycles. The zero-order chi connectivity index (χ0) is 25.5. The van der Waals surface area contributed by atoms with E-state index in [1.165, 1.54) is 10.8 Å². The van der Waals surface area contributed by atoms with Crippen LogP contribution >= 0.6 is 0 Å². The number of aliphatic hydroxyl groups excluding tert-OH is 1. The van der Waals surface area contributed by atoms with E-state index in [-0.39, 0.29) is 25.2 Å². The largest absolute Gasteiger partial charge is 0.528 e. The summed E-state index contributed by atoms with van der Waals surface area (Å²) in [6.07, 6.45) is -0.154. The Balaban J connectivity index is 1.47. The van der Waals surface area contributed by atoms with Gasteiger partial charge in [-0.15, -0.1) is 5.06 Å². The summed E-state index contributed by atoms with van der Waals surface area (Å²) in [4.78, 5) is 17.8. The Morgan fingerprint density at radius 1 is 1.03 bits per heavy atom. The van der Waals surface area contributed by atoms with E-state index in [4.69, 9.17) is 24.2 Å². The minimum atomic E-state index is -0.709. The van der Waals surface area contributed by atoms with E-state index in [2.05, 4.69) is 30.3 Å². The number of carbonyl (C=O) groups excluding carboxylic acids is 1. The molecule has 0 radical (unpaired) electrons. The van der Waals surface area contributed by atoms with E-state index in [1.807, 2.05) is 57.2 Å². The van der Waals surface area contributed by atoms with Gasteiger partial charge in [0, 0.05) is 12.5 Å². The van der Waals surface area contributed by atoms with E-state index < -0.39 is 11.8 Å². The molecule has 7 nitrogen and oxygen atoms in total. The molecule has 1 aliphatic heterocycles. The van der Waals surface area contributed by atoms with Gasteiger partial charge in [-0.05, 0) is 67.3 Å². The van der Waals surface area contributed by atoms with Gasteiger partial charge in [-0.2, -0.15) is 0 Å². The third-order valence-corrected chi connectivity index (χ3v) is 6.06. The molecule has 3 aromatic rings. The maximum absolute atomic E-state index is 12.3. The number of hydrogen-bond acceptors (Lipinski definition) is 7. The molecular formula is C29H35NO6. The Bertz CT molecular complexity index is 1140. The summed E-state index contributed by atoms with van der Waals surface area (Å²) in [5.41, 5.74) is 1.60. The molecule has 7 heteroatoms. The quantitative estimate of drug-likeness (QED) is 0.418. The molecule has 36 heavy (non-hydrogen) atoms. The second-order valence-electron chi connectivity index (χ2n) is 10.0. The van der Waals surface area contributed by atoms with Crippen molar-refractivity contribution in [3.63, 3.8) is 0 Å². The summed E-state index contributed by atoms with van der Waals surface area (Å²) in [6, 6.07) is 22.5. The smallest absolute Gasteiger partial charge is 0.491 e. The van der Waals surface area contributed by atoms with Crippen molar-refractivity contribution in [3.05, 3.63) is 77.9 Å². The molecule has 4 rings (SSSR count). The summed E-state index contributed by atoms with van der Waals surface area (Å²) in [6.45, 7) is 7.12. The second kappa shape index (κ2) is 11.7. The molecule has 0 spiro atoms. The van der Waals surface area contributed by atoms with E-state index >= 15 is 0 Å². The molecule has 2 unspecified atom stereocenters.